The zero-order valence-electron chi connectivity index (χ0n) is 10.8. The van der Waals surface area contributed by atoms with Crippen molar-refractivity contribution in [2.24, 2.45) is 0 Å². The molecule has 1 aromatic heterocycles. The van der Waals surface area contributed by atoms with Gasteiger partial charge >= 0.3 is 5.76 Å². The first-order chi connectivity index (χ1) is 9.81. The van der Waals surface area contributed by atoms with Crippen LogP contribution in [0.1, 0.15) is 5.56 Å². The highest BCUT2D eigenvalue weighted by molar-refractivity contribution is 5.76. The van der Waals surface area contributed by atoms with Crippen molar-refractivity contribution in [2.45, 2.75) is 0 Å². The summed E-state index contributed by atoms with van der Waals surface area (Å²) >= 11 is 0. The van der Waals surface area contributed by atoms with Crippen molar-refractivity contribution in [1.82, 2.24) is 4.98 Å². The first kappa shape index (κ1) is 12.3. The monoisotopic (exact) mass is 266 g/mol. The molecule has 3 aromatic rings. The fourth-order valence-electron chi connectivity index (χ4n) is 1.99. The molecule has 0 saturated carbocycles. The van der Waals surface area contributed by atoms with Crippen LogP contribution in [0.5, 0.6) is 0 Å². The largest absolute Gasteiger partial charge is 0.417 e. The number of aromatic amines is 1. The minimum absolute atomic E-state index is 0.430. The Morgan fingerprint density at radius 1 is 1.15 bits per heavy atom. The minimum Gasteiger partial charge on any atom is -0.408 e. The second-order valence-corrected chi connectivity index (χ2v) is 4.42. The molecule has 0 unspecified atom stereocenters. The molecule has 4 nitrogen and oxygen atoms in total. The van der Waals surface area contributed by atoms with Gasteiger partial charge in [0.1, 0.15) is 0 Å². The molecule has 0 radical (unpaired) electrons. The Morgan fingerprint density at radius 3 is 2.85 bits per heavy atom. The molecule has 1 heterocycles. The average molecular weight is 266 g/mol. The van der Waals surface area contributed by atoms with Crippen LogP contribution in [-0.4, -0.2) is 11.5 Å². The Bertz CT molecular complexity index is 785. The summed E-state index contributed by atoms with van der Waals surface area (Å²) in [5.74, 6) is -0.430. The molecule has 0 aliphatic rings. The summed E-state index contributed by atoms with van der Waals surface area (Å²) in [4.78, 5) is 13.7. The SMILES string of the molecule is O=c1[nH]c2ccc(NCC=Cc3ccccc3)cc2o1. The molecule has 100 valence electrons. The van der Waals surface area contributed by atoms with Gasteiger partial charge in [0.05, 0.1) is 5.52 Å². The van der Waals surface area contributed by atoms with Gasteiger partial charge in [0, 0.05) is 18.3 Å². The van der Waals surface area contributed by atoms with E-state index in [2.05, 4.69) is 28.5 Å². The van der Waals surface area contributed by atoms with Crippen LogP contribution >= 0.6 is 0 Å². The molecule has 2 aromatic carbocycles. The Hall–Kier alpha value is -2.75. The molecule has 4 heteroatoms. The number of fused-ring (bicyclic) bond motifs is 1. The first-order valence-electron chi connectivity index (χ1n) is 6.39. The molecular weight excluding hydrogens is 252 g/mol. The normalized spacial score (nSPS) is 11.2. The molecule has 0 spiro atoms. The molecule has 0 fully saturated rings. The van der Waals surface area contributed by atoms with Crippen LogP contribution in [-0.2, 0) is 0 Å². The van der Waals surface area contributed by atoms with Crippen molar-refractivity contribution in [3.8, 4) is 0 Å². The number of hydrogen-bond acceptors (Lipinski definition) is 3. The molecule has 2 N–H and O–H groups in total. The number of H-pyrrole nitrogens is 1. The van der Waals surface area contributed by atoms with Crippen molar-refractivity contribution in [3.63, 3.8) is 0 Å². The predicted octanol–water partition coefficient (Wildman–Crippen LogP) is 3.25. The molecule has 0 atom stereocenters. The summed E-state index contributed by atoms with van der Waals surface area (Å²) in [5, 5.41) is 3.25. The molecular formula is C16H14N2O2. The van der Waals surface area contributed by atoms with Gasteiger partial charge < -0.3 is 9.73 Å². The van der Waals surface area contributed by atoms with Crippen molar-refractivity contribution in [1.29, 1.82) is 0 Å². The van der Waals surface area contributed by atoms with E-state index in [9.17, 15) is 4.79 Å². The topological polar surface area (TPSA) is 58.0 Å². The first-order valence-corrected chi connectivity index (χ1v) is 6.39. The van der Waals surface area contributed by atoms with Gasteiger partial charge in [-0.15, -0.1) is 0 Å². The molecule has 3 rings (SSSR count). The zero-order valence-corrected chi connectivity index (χ0v) is 10.8. The number of anilines is 1. The van der Waals surface area contributed by atoms with Crippen LogP contribution in [0.15, 0.2) is 63.8 Å². The summed E-state index contributed by atoms with van der Waals surface area (Å²) in [7, 11) is 0. The fourth-order valence-corrected chi connectivity index (χ4v) is 1.99. The summed E-state index contributed by atoms with van der Waals surface area (Å²) < 4.78 is 5.02. The van der Waals surface area contributed by atoms with E-state index in [1.807, 2.05) is 42.5 Å². The number of rotatable bonds is 4. The number of hydrogen-bond donors (Lipinski definition) is 2. The van der Waals surface area contributed by atoms with Crippen LogP contribution in [0.4, 0.5) is 5.69 Å². The lowest BCUT2D eigenvalue weighted by atomic mass is 10.2. The van der Waals surface area contributed by atoms with Crippen molar-refractivity contribution >= 4 is 22.9 Å². The maximum Gasteiger partial charge on any atom is 0.417 e. The lowest BCUT2D eigenvalue weighted by Crippen LogP contribution is -1.97. The highest BCUT2D eigenvalue weighted by Crippen LogP contribution is 2.16. The number of nitrogens with one attached hydrogen (secondary N) is 2. The van der Waals surface area contributed by atoms with Gasteiger partial charge in [-0.25, -0.2) is 4.79 Å². The Labute approximate surface area is 115 Å². The Balaban J connectivity index is 1.65. The van der Waals surface area contributed by atoms with Gasteiger partial charge in [-0.05, 0) is 17.7 Å². The van der Waals surface area contributed by atoms with Crippen LogP contribution in [0.2, 0.25) is 0 Å². The second-order valence-electron chi connectivity index (χ2n) is 4.42. The molecule has 20 heavy (non-hydrogen) atoms. The number of oxazole rings is 1. The third-order valence-corrected chi connectivity index (χ3v) is 2.95. The Morgan fingerprint density at radius 2 is 2.00 bits per heavy atom. The summed E-state index contributed by atoms with van der Waals surface area (Å²) in [6.45, 7) is 0.703. The number of aromatic nitrogens is 1. The van der Waals surface area contributed by atoms with Gasteiger partial charge in [-0.2, -0.15) is 0 Å². The highest BCUT2D eigenvalue weighted by atomic mass is 16.4. The van der Waals surface area contributed by atoms with Gasteiger partial charge in [0.15, 0.2) is 5.58 Å². The van der Waals surface area contributed by atoms with E-state index in [-0.39, 0.29) is 0 Å². The van der Waals surface area contributed by atoms with E-state index in [0.29, 0.717) is 17.6 Å². The van der Waals surface area contributed by atoms with Crippen molar-refractivity contribution in [2.75, 3.05) is 11.9 Å². The van der Waals surface area contributed by atoms with Crippen LogP contribution in [0.25, 0.3) is 17.2 Å². The van der Waals surface area contributed by atoms with Crippen LogP contribution in [0.3, 0.4) is 0 Å². The van der Waals surface area contributed by atoms with Gasteiger partial charge in [-0.1, -0.05) is 42.5 Å². The smallest absolute Gasteiger partial charge is 0.408 e. The molecule has 0 amide bonds. The van der Waals surface area contributed by atoms with E-state index in [1.54, 1.807) is 0 Å². The van der Waals surface area contributed by atoms with Crippen LogP contribution in [0, 0.1) is 0 Å². The average Bonchev–Trinajstić information content (AvgIpc) is 2.84. The third kappa shape index (κ3) is 2.80. The van der Waals surface area contributed by atoms with Crippen molar-refractivity contribution < 1.29 is 4.42 Å². The Kier molecular flexibility index (Phi) is 3.37. The molecule has 0 saturated heterocycles. The summed E-state index contributed by atoms with van der Waals surface area (Å²) in [5.41, 5.74) is 3.35. The molecule has 0 aliphatic heterocycles. The maximum atomic E-state index is 11.1. The van der Waals surface area contributed by atoms with Gasteiger partial charge in [0.2, 0.25) is 0 Å². The third-order valence-electron chi connectivity index (χ3n) is 2.95. The van der Waals surface area contributed by atoms with E-state index in [1.165, 1.54) is 5.56 Å². The van der Waals surface area contributed by atoms with E-state index in [4.69, 9.17) is 4.42 Å². The quantitative estimate of drug-likeness (QED) is 0.762. The van der Waals surface area contributed by atoms with Gasteiger partial charge in [-0.3, -0.25) is 4.98 Å². The van der Waals surface area contributed by atoms with E-state index in [0.717, 1.165) is 5.69 Å². The predicted molar refractivity (Wildman–Crippen MR) is 80.8 cm³/mol. The fraction of sp³-hybridized carbons (Fsp3) is 0.0625. The summed E-state index contributed by atoms with van der Waals surface area (Å²) in [6, 6.07) is 15.7. The maximum absolute atomic E-state index is 11.1. The molecule has 0 aliphatic carbocycles. The standard InChI is InChI=1S/C16H14N2O2/c19-16-18-14-9-8-13(11-15(14)20-16)17-10-4-7-12-5-2-1-3-6-12/h1-9,11,17H,10H2,(H,18,19). The van der Waals surface area contributed by atoms with Gasteiger partial charge in [0.25, 0.3) is 0 Å². The highest BCUT2D eigenvalue weighted by Gasteiger charge is 2.00. The summed E-state index contributed by atoms with van der Waals surface area (Å²) in [6.07, 6.45) is 4.11. The lowest BCUT2D eigenvalue weighted by Gasteiger charge is -2.02. The van der Waals surface area contributed by atoms with E-state index < -0.39 is 5.76 Å². The second kappa shape index (κ2) is 5.48. The van der Waals surface area contributed by atoms with Crippen molar-refractivity contribution in [3.05, 3.63) is 70.7 Å². The number of benzene rings is 2. The van der Waals surface area contributed by atoms with E-state index >= 15 is 0 Å². The lowest BCUT2D eigenvalue weighted by molar-refractivity contribution is 0.555. The van der Waals surface area contributed by atoms with Crippen LogP contribution < -0.4 is 11.1 Å². The zero-order chi connectivity index (χ0) is 13.8. The minimum atomic E-state index is -0.430. The molecule has 0 bridgehead atoms.